The van der Waals surface area contributed by atoms with E-state index < -0.39 is 18.0 Å². The van der Waals surface area contributed by atoms with Gasteiger partial charge in [-0.15, -0.1) is 0 Å². The Morgan fingerprint density at radius 1 is 1.35 bits per heavy atom. The first-order chi connectivity index (χ1) is 9.43. The first-order valence-corrected chi connectivity index (χ1v) is 6.38. The molecule has 0 bridgehead atoms. The van der Waals surface area contributed by atoms with E-state index >= 15 is 0 Å². The molecule has 0 aliphatic carbocycles. The first kappa shape index (κ1) is 16.0. The standard InChI is InChI=1S/C12H13BrN2O5/c1-20-10(16)4-5-14-12(19)15-9-3-2-7(13)6-8(9)11(17)18/h2-3,6H,4-5H2,1H3,(H,17,18)(H2,14,15,19). The van der Waals surface area contributed by atoms with Gasteiger partial charge >= 0.3 is 18.0 Å². The van der Waals surface area contributed by atoms with Crippen molar-refractivity contribution in [1.29, 1.82) is 0 Å². The van der Waals surface area contributed by atoms with Crippen molar-refractivity contribution in [3.8, 4) is 0 Å². The molecule has 0 aliphatic heterocycles. The molecule has 0 fully saturated rings. The topological polar surface area (TPSA) is 105 Å². The summed E-state index contributed by atoms with van der Waals surface area (Å²) in [6.45, 7) is 0.0947. The van der Waals surface area contributed by atoms with Gasteiger partial charge in [0, 0.05) is 11.0 Å². The van der Waals surface area contributed by atoms with Crippen LogP contribution in [0.4, 0.5) is 10.5 Å². The number of hydrogen-bond acceptors (Lipinski definition) is 4. The number of carboxylic acids is 1. The zero-order chi connectivity index (χ0) is 15.1. The second kappa shape index (κ2) is 7.49. The van der Waals surface area contributed by atoms with Crippen LogP contribution in [0.3, 0.4) is 0 Å². The van der Waals surface area contributed by atoms with Crippen molar-refractivity contribution in [2.45, 2.75) is 6.42 Å². The van der Waals surface area contributed by atoms with Crippen molar-refractivity contribution >= 4 is 39.6 Å². The average Bonchev–Trinajstić information content (AvgIpc) is 2.40. The summed E-state index contributed by atoms with van der Waals surface area (Å²) in [4.78, 5) is 33.5. The minimum Gasteiger partial charge on any atom is -0.478 e. The second-order valence-corrected chi connectivity index (χ2v) is 4.62. The Hall–Kier alpha value is -2.09. The van der Waals surface area contributed by atoms with Gasteiger partial charge in [-0.2, -0.15) is 0 Å². The molecule has 1 aromatic carbocycles. The quantitative estimate of drug-likeness (QED) is 0.706. The number of methoxy groups -OCH3 is 1. The normalized spacial score (nSPS) is 9.70. The maximum absolute atomic E-state index is 11.6. The molecule has 20 heavy (non-hydrogen) atoms. The van der Waals surface area contributed by atoms with Crippen molar-refractivity contribution in [2.75, 3.05) is 19.0 Å². The fraction of sp³-hybridized carbons (Fsp3) is 0.250. The molecule has 0 aromatic heterocycles. The highest BCUT2D eigenvalue weighted by molar-refractivity contribution is 9.10. The van der Waals surface area contributed by atoms with E-state index in [1.807, 2.05) is 0 Å². The number of ether oxygens (including phenoxy) is 1. The summed E-state index contributed by atoms with van der Waals surface area (Å²) in [5, 5.41) is 13.9. The maximum atomic E-state index is 11.6. The van der Waals surface area contributed by atoms with Crippen LogP contribution in [-0.2, 0) is 9.53 Å². The number of carboxylic acid groups (broad SMARTS) is 1. The Morgan fingerprint density at radius 2 is 2.05 bits per heavy atom. The van der Waals surface area contributed by atoms with Crippen molar-refractivity contribution in [1.82, 2.24) is 5.32 Å². The van der Waals surface area contributed by atoms with Crippen LogP contribution >= 0.6 is 15.9 Å². The number of carbonyl (C=O) groups excluding carboxylic acids is 2. The molecule has 0 atom stereocenters. The summed E-state index contributed by atoms with van der Waals surface area (Å²) < 4.78 is 5.01. The Bertz CT molecular complexity index is 533. The fourth-order valence-corrected chi connectivity index (χ4v) is 1.71. The second-order valence-electron chi connectivity index (χ2n) is 3.70. The van der Waals surface area contributed by atoms with Crippen LogP contribution in [-0.4, -0.2) is 36.7 Å². The molecule has 1 rings (SSSR count). The lowest BCUT2D eigenvalue weighted by Gasteiger charge is -2.10. The number of aromatic carboxylic acids is 1. The Morgan fingerprint density at radius 3 is 2.65 bits per heavy atom. The predicted octanol–water partition coefficient (Wildman–Crippen LogP) is 1.83. The van der Waals surface area contributed by atoms with Crippen LogP contribution in [0.25, 0.3) is 0 Å². The molecule has 0 saturated carbocycles. The SMILES string of the molecule is COC(=O)CCNC(=O)Nc1ccc(Br)cc1C(=O)O. The molecule has 0 spiro atoms. The summed E-state index contributed by atoms with van der Waals surface area (Å²) in [5.41, 5.74) is 0.124. The Balaban J connectivity index is 2.62. The lowest BCUT2D eigenvalue weighted by molar-refractivity contribution is -0.140. The average molecular weight is 345 g/mol. The largest absolute Gasteiger partial charge is 0.478 e. The van der Waals surface area contributed by atoms with Crippen LogP contribution in [0, 0.1) is 0 Å². The number of anilines is 1. The molecule has 8 heteroatoms. The van der Waals surface area contributed by atoms with Crippen LogP contribution < -0.4 is 10.6 Å². The van der Waals surface area contributed by atoms with Gasteiger partial charge in [0.15, 0.2) is 0 Å². The molecule has 0 heterocycles. The van der Waals surface area contributed by atoms with Gasteiger partial charge in [0.25, 0.3) is 0 Å². The van der Waals surface area contributed by atoms with Crippen molar-refractivity contribution in [3.05, 3.63) is 28.2 Å². The molecule has 108 valence electrons. The van der Waals surface area contributed by atoms with E-state index in [1.54, 1.807) is 6.07 Å². The number of benzene rings is 1. The van der Waals surface area contributed by atoms with Gasteiger partial charge in [-0.05, 0) is 18.2 Å². The highest BCUT2D eigenvalue weighted by atomic mass is 79.9. The van der Waals surface area contributed by atoms with Gasteiger partial charge in [-0.1, -0.05) is 15.9 Å². The molecular weight excluding hydrogens is 332 g/mol. The lowest BCUT2D eigenvalue weighted by Crippen LogP contribution is -2.31. The number of carbonyl (C=O) groups is 3. The number of rotatable bonds is 5. The van der Waals surface area contributed by atoms with E-state index in [9.17, 15) is 14.4 Å². The number of esters is 1. The molecule has 1 aromatic rings. The van der Waals surface area contributed by atoms with Gasteiger partial charge in [0.2, 0.25) is 0 Å². The highest BCUT2D eigenvalue weighted by Crippen LogP contribution is 2.21. The number of urea groups is 1. The molecule has 3 N–H and O–H groups in total. The smallest absolute Gasteiger partial charge is 0.337 e. The summed E-state index contributed by atoms with van der Waals surface area (Å²) in [6, 6.07) is 3.86. The predicted molar refractivity (Wildman–Crippen MR) is 74.8 cm³/mol. The van der Waals surface area contributed by atoms with Gasteiger partial charge in [0.1, 0.15) is 0 Å². The van der Waals surface area contributed by atoms with Crippen molar-refractivity contribution in [2.24, 2.45) is 0 Å². The first-order valence-electron chi connectivity index (χ1n) is 5.58. The monoisotopic (exact) mass is 344 g/mol. The van der Waals surface area contributed by atoms with E-state index in [2.05, 4.69) is 31.3 Å². The molecule has 7 nitrogen and oxygen atoms in total. The summed E-state index contributed by atoms with van der Waals surface area (Å²) in [5.74, 6) is -1.60. The minimum absolute atomic E-state index is 0.0377. The van der Waals surface area contributed by atoms with Crippen LogP contribution in [0.5, 0.6) is 0 Å². The molecule has 0 radical (unpaired) electrons. The molecule has 0 unspecified atom stereocenters. The summed E-state index contributed by atoms with van der Waals surface area (Å²) >= 11 is 3.15. The molecular formula is C12H13BrN2O5. The van der Waals surface area contributed by atoms with Gasteiger partial charge in [-0.25, -0.2) is 9.59 Å². The van der Waals surface area contributed by atoms with Gasteiger partial charge in [-0.3, -0.25) is 4.79 Å². The number of amides is 2. The van der Waals surface area contributed by atoms with E-state index in [-0.39, 0.29) is 24.2 Å². The zero-order valence-corrected chi connectivity index (χ0v) is 12.2. The van der Waals surface area contributed by atoms with Gasteiger partial charge < -0.3 is 20.5 Å². The Labute approximate surface area is 123 Å². The highest BCUT2D eigenvalue weighted by Gasteiger charge is 2.13. The van der Waals surface area contributed by atoms with E-state index in [4.69, 9.17) is 5.11 Å². The third-order valence-corrected chi connectivity index (χ3v) is 2.80. The number of nitrogens with one attached hydrogen (secondary N) is 2. The van der Waals surface area contributed by atoms with Crippen molar-refractivity contribution < 1.29 is 24.2 Å². The number of halogens is 1. The minimum atomic E-state index is -1.16. The zero-order valence-electron chi connectivity index (χ0n) is 10.6. The fourth-order valence-electron chi connectivity index (χ4n) is 1.35. The summed E-state index contributed by atoms with van der Waals surface area (Å²) in [7, 11) is 1.25. The van der Waals surface area contributed by atoms with E-state index in [0.717, 1.165) is 0 Å². The lowest BCUT2D eigenvalue weighted by atomic mass is 10.2. The number of hydrogen-bond donors (Lipinski definition) is 3. The van der Waals surface area contributed by atoms with Gasteiger partial charge in [0.05, 0.1) is 24.8 Å². The van der Waals surface area contributed by atoms with Crippen LogP contribution in [0.1, 0.15) is 16.8 Å². The van der Waals surface area contributed by atoms with E-state index in [1.165, 1.54) is 19.2 Å². The molecule has 0 aliphatic rings. The Kier molecular flexibility index (Phi) is 5.98. The van der Waals surface area contributed by atoms with Crippen LogP contribution in [0.2, 0.25) is 0 Å². The third-order valence-electron chi connectivity index (χ3n) is 2.30. The maximum Gasteiger partial charge on any atom is 0.337 e. The molecule has 0 saturated heterocycles. The summed E-state index contributed by atoms with van der Waals surface area (Å²) in [6.07, 6.45) is 0.0377. The van der Waals surface area contributed by atoms with E-state index in [0.29, 0.717) is 4.47 Å². The van der Waals surface area contributed by atoms with Crippen molar-refractivity contribution in [3.63, 3.8) is 0 Å². The molecule has 2 amide bonds. The van der Waals surface area contributed by atoms with Crippen LogP contribution in [0.15, 0.2) is 22.7 Å². The third kappa shape index (κ3) is 4.88.